The Kier molecular flexibility index (Phi) is 4.45. The summed E-state index contributed by atoms with van der Waals surface area (Å²) in [5.74, 6) is 0.0386. The number of piperazine rings is 1. The average Bonchev–Trinajstić information content (AvgIpc) is 2.98. The zero-order valence-corrected chi connectivity index (χ0v) is 13.1. The topological polar surface area (TPSA) is 67.7 Å². The monoisotopic (exact) mass is 316 g/mol. The van der Waals surface area contributed by atoms with E-state index in [4.69, 9.17) is 4.74 Å². The van der Waals surface area contributed by atoms with Gasteiger partial charge in [-0.25, -0.2) is 9.78 Å². The fourth-order valence-corrected chi connectivity index (χ4v) is 2.74. The Labute approximate surface area is 134 Å². The van der Waals surface area contributed by atoms with E-state index in [0.717, 1.165) is 11.0 Å². The summed E-state index contributed by atoms with van der Waals surface area (Å²) in [6.07, 6.45) is 1.39. The van der Waals surface area contributed by atoms with Crippen LogP contribution in [0.3, 0.4) is 0 Å². The van der Waals surface area contributed by atoms with Crippen LogP contribution in [-0.2, 0) is 16.1 Å². The van der Waals surface area contributed by atoms with Gasteiger partial charge in [-0.2, -0.15) is 0 Å². The lowest BCUT2D eigenvalue weighted by Gasteiger charge is -2.34. The summed E-state index contributed by atoms with van der Waals surface area (Å²) >= 11 is 0. The molecule has 122 valence electrons. The van der Waals surface area contributed by atoms with Crippen molar-refractivity contribution in [3.8, 4) is 0 Å². The molecule has 2 aromatic rings. The highest BCUT2D eigenvalue weighted by atomic mass is 16.6. The second-order valence-electron chi connectivity index (χ2n) is 5.43. The number of fused-ring (bicyclic) bond motifs is 1. The van der Waals surface area contributed by atoms with Gasteiger partial charge in [-0.1, -0.05) is 12.1 Å². The van der Waals surface area contributed by atoms with Crippen LogP contribution in [0.4, 0.5) is 4.79 Å². The van der Waals surface area contributed by atoms with Crippen LogP contribution in [-0.4, -0.2) is 64.1 Å². The number of hydrogen-bond acceptors (Lipinski definition) is 4. The Bertz CT molecular complexity index is 704. The third-order valence-electron chi connectivity index (χ3n) is 3.99. The van der Waals surface area contributed by atoms with Crippen molar-refractivity contribution < 1.29 is 14.3 Å². The number of carbonyl (C=O) groups excluding carboxylic acids is 2. The van der Waals surface area contributed by atoms with E-state index in [0.29, 0.717) is 32.8 Å². The molecule has 1 fully saturated rings. The third-order valence-corrected chi connectivity index (χ3v) is 3.99. The summed E-state index contributed by atoms with van der Waals surface area (Å²) in [6, 6.07) is 7.74. The number of benzene rings is 1. The van der Waals surface area contributed by atoms with Gasteiger partial charge < -0.3 is 19.1 Å². The molecule has 0 bridgehead atoms. The fraction of sp³-hybridized carbons (Fsp3) is 0.438. The summed E-state index contributed by atoms with van der Waals surface area (Å²) in [4.78, 5) is 31.8. The van der Waals surface area contributed by atoms with Crippen molar-refractivity contribution in [3.63, 3.8) is 0 Å². The van der Waals surface area contributed by atoms with Crippen LogP contribution in [0.25, 0.3) is 11.0 Å². The molecule has 1 saturated heterocycles. The van der Waals surface area contributed by atoms with Crippen LogP contribution in [0.5, 0.6) is 0 Å². The van der Waals surface area contributed by atoms with Crippen LogP contribution in [0.1, 0.15) is 6.92 Å². The highest BCUT2D eigenvalue weighted by Gasteiger charge is 2.25. The fourth-order valence-electron chi connectivity index (χ4n) is 2.74. The van der Waals surface area contributed by atoms with Gasteiger partial charge in [-0.15, -0.1) is 0 Å². The molecule has 0 aliphatic carbocycles. The molecule has 2 heterocycles. The Morgan fingerprint density at radius 1 is 1.13 bits per heavy atom. The lowest BCUT2D eigenvalue weighted by molar-refractivity contribution is -0.133. The molecule has 0 atom stereocenters. The lowest BCUT2D eigenvalue weighted by Crippen LogP contribution is -2.51. The summed E-state index contributed by atoms with van der Waals surface area (Å²) in [5, 5.41) is 0. The minimum atomic E-state index is -0.305. The van der Waals surface area contributed by atoms with Gasteiger partial charge in [-0.05, 0) is 19.1 Å². The molecule has 23 heavy (non-hydrogen) atoms. The first-order chi connectivity index (χ1) is 11.2. The van der Waals surface area contributed by atoms with Gasteiger partial charge in [0.15, 0.2) is 0 Å². The summed E-state index contributed by atoms with van der Waals surface area (Å²) in [7, 11) is 0. The van der Waals surface area contributed by atoms with Crippen LogP contribution >= 0.6 is 0 Å². The first-order valence-electron chi connectivity index (χ1n) is 7.78. The predicted molar refractivity (Wildman–Crippen MR) is 84.9 cm³/mol. The number of amides is 2. The summed E-state index contributed by atoms with van der Waals surface area (Å²) in [5.41, 5.74) is 1.83. The number of hydrogen-bond donors (Lipinski definition) is 0. The minimum Gasteiger partial charge on any atom is -0.450 e. The Morgan fingerprint density at radius 2 is 1.83 bits per heavy atom. The molecule has 7 heteroatoms. The van der Waals surface area contributed by atoms with E-state index in [1.807, 2.05) is 28.8 Å². The van der Waals surface area contributed by atoms with Crippen molar-refractivity contribution in [2.24, 2.45) is 0 Å². The van der Waals surface area contributed by atoms with Crippen molar-refractivity contribution in [1.82, 2.24) is 19.4 Å². The number of imidazole rings is 1. The van der Waals surface area contributed by atoms with E-state index >= 15 is 0 Å². The second-order valence-corrected chi connectivity index (χ2v) is 5.43. The number of ether oxygens (including phenoxy) is 1. The maximum atomic E-state index is 12.5. The van der Waals surface area contributed by atoms with Crippen molar-refractivity contribution in [2.75, 3.05) is 32.8 Å². The van der Waals surface area contributed by atoms with Gasteiger partial charge in [0.1, 0.15) is 6.54 Å². The normalized spacial score (nSPS) is 15.0. The van der Waals surface area contributed by atoms with E-state index in [-0.39, 0.29) is 18.5 Å². The number of carbonyl (C=O) groups is 2. The summed E-state index contributed by atoms with van der Waals surface area (Å²) in [6.45, 7) is 4.50. The quantitative estimate of drug-likeness (QED) is 0.857. The molecular weight excluding hydrogens is 296 g/mol. The smallest absolute Gasteiger partial charge is 0.409 e. The molecule has 0 radical (unpaired) electrons. The lowest BCUT2D eigenvalue weighted by atomic mass is 10.3. The van der Waals surface area contributed by atoms with Gasteiger partial charge >= 0.3 is 6.09 Å². The maximum Gasteiger partial charge on any atom is 0.409 e. The Morgan fingerprint density at radius 3 is 2.57 bits per heavy atom. The number of para-hydroxylation sites is 2. The summed E-state index contributed by atoms with van der Waals surface area (Å²) < 4.78 is 6.84. The molecule has 1 aliphatic heterocycles. The van der Waals surface area contributed by atoms with Gasteiger partial charge in [0.05, 0.1) is 24.0 Å². The SMILES string of the molecule is CCOC(=O)N1CCN(C(=O)Cn2cnc3ccccc32)CC1. The highest BCUT2D eigenvalue weighted by Crippen LogP contribution is 2.12. The van der Waals surface area contributed by atoms with Crippen LogP contribution < -0.4 is 0 Å². The van der Waals surface area contributed by atoms with Crippen LogP contribution in [0.15, 0.2) is 30.6 Å². The van der Waals surface area contributed by atoms with Gasteiger partial charge in [0, 0.05) is 26.2 Å². The van der Waals surface area contributed by atoms with Crippen LogP contribution in [0, 0.1) is 0 Å². The minimum absolute atomic E-state index is 0.0386. The molecule has 0 spiro atoms. The molecule has 1 aromatic heterocycles. The third kappa shape index (κ3) is 3.28. The highest BCUT2D eigenvalue weighted by molar-refractivity contribution is 5.80. The van der Waals surface area contributed by atoms with Crippen molar-refractivity contribution >= 4 is 23.0 Å². The maximum absolute atomic E-state index is 12.5. The van der Waals surface area contributed by atoms with Gasteiger partial charge in [0.2, 0.25) is 5.91 Å². The van der Waals surface area contributed by atoms with Crippen LogP contribution in [0.2, 0.25) is 0 Å². The molecule has 2 amide bonds. The standard InChI is InChI=1S/C16H20N4O3/c1-2-23-16(22)19-9-7-18(8-10-19)15(21)11-20-12-17-13-5-3-4-6-14(13)20/h3-6,12H,2,7-11H2,1H3. The molecule has 0 saturated carbocycles. The first-order valence-corrected chi connectivity index (χ1v) is 7.78. The molecule has 0 N–H and O–H groups in total. The number of rotatable bonds is 3. The Balaban J connectivity index is 1.59. The molecule has 1 aliphatic rings. The van der Waals surface area contributed by atoms with E-state index in [2.05, 4.69) is 4.98 Å². The predicted octanol–water partition coefficient (Wildman–Crippen LogP) is 1.34. The second kappa shape index (κ2) is 6.68. The van der Waals surface area contributed by atoms with E-state index in [9.17, 15) is 9.59 Å². The molecule has 1 aromatic carbocycles. The molecule has 0 unspecified atom stereocenters. The van der Waals surface area contributed by atoms with E-state index in [1.54, 1.807) is 23.1 Å². The molecular formula is C16H20N4O3. The van der Waals surface area contributed by atoms with Crippen molar-refractivity contribution in [2.45, 2.75) is 13.5 Å². The first kappa shape index (κ1) is 15.3. The van der Waals surface area contributed by atoms with Gasteiger partial charge in [-0.3, -0.25) is 4.79 Å². The van der Waals surface area contributed by atoms with E-state index in [1.165, 1.54) is 0 Å². The number of nitrogens with zero attached hydrogens (tertiary/aromatic N) is 4. The van der Waals surface area contributed by atoms with Gasteiger partial charge in [0.25, 0.3) is 0 Å². The zero-order valence-electron chi connectivity index (χ0n) is 13.1. The molecule has 7 nitrogen and oxygen atoms in total. The van der Waals surface area contributed by atoms with Crippen molar-refractivity contribution in [1.29, 1.82) is 0 Å². The average molecular weight is 316 g/mol. The zero-order chi connectivity index (χ0) is 16.2. The van der Waals surface area contributed by atoms with E-state index < -0.39 is 0 Å². The van der Waals surface area contributed by atoms with Crippen molar-refractivity contribution in [3.05, 3.63) is 30.6 Å². The molecule has 3 rings (SSSR count). The number of aromatic nitrogens is 2. The largest absolute Gasteiger partial charge is 0.450 e. The Hall–Kier alpha value is -2.57.